The molecule has 35 heavy (non-hydrogen) atoms. The first-order chi connectivity index (χ1) is 17.3. The number of hydrogen-bond donors (Lipinski definition) is 1. The van der Waals surface area contributed by atoms with Gasteiger partial charge in [-0.05, 0) is 29.7 Å². The molecule has 0 radical (unpaired) electrons. The molecule has 7 rings (SSSR count). The minimum Gasteiger partial charge on any atom is -0.440 e. The zero-order chi connectivity index (χ0) is 23.4. The summed E-state index contributed by atoms with van der Waals surface area (Å²) in [5.41, 5.74) is 1.31. The Labute approximate surface area is 203 Å². The van der Waals surface area contributed by atoms with Crippen molar-refractivity contribution >= 4 is 42.0 Å². The lowest BCUT2D eigenvalue weighted by Gasteiger charge is -2.66. The highest BCUT2D eigenvalue weighted by atomic mass is 32.4. The second-order valence-electron chi connectivity index (χ2n) is 7.48. The summed E-state index contributed by atoms with van der Waals surface area (Å²) in [6.45, 7) is 0. The van der Waals surface area contributed by atoms with E-state index in [1.54, 1.807) is 24.7 Å². The van der Waals surface area contributed by atoms with E-state index in [1.165, 1.54) is 41.7 Å². The molecule has 0 saturated carbocycles. The van der Waals surface area contributed by atoms with Gasteiger partial charge in [-0.2, -0.15) is 4.37 Å². The fourth-order valence-corrected chi connectivity index (χ4v) is 14.0. The standard InChI is InChI=1S/C20H13N9O3S3/c1-2-15(21-5-1)35(16-3-8-31-26-16,19-22-6-9-30-19,20-23-7-11-33-20)18(13-4-10-34-27-13)17(25-29-35)14-12-32-28-24-14/h1-12,21H. The molecular weight excluding hydrogens is 510 g/mol. The van der Waals surface area contributed by atoms with Gasteiger partial charge < -0.3 is 18.4 Å². The average Bonchev–Trinajstić information content (AvgIpc) is 3.75. The van der Waals surface area contributed by atoms with Crippen LogP contribution in [-0.2, 0) is 0 Å². The Bertz CT molecular complexity index is 1520. The Morgan fingerprint density at radius 3 is 2.63 bits per heavy atom. The van der Waals surface area contributed by atoms with Crippen molar-refractivity contribution in [3.63, 3.8) is 0 Å². The van der Waals surface area contributed by atoms with Crippen LogP contribution >= 0.6 is 31.3 Å². The number of hydrogen-bond acceptors (Lipinski definition) is 13. The average molecular weight is 524 g/mol. The van der Waals surface area contributed by atoms with Crippen molar-refractivity contribution < 1.29 is 13.5 Å². The molecule has 7 heterocycles. The van der Waals surface area contributed by atoms with E-state index < -0.39 is 8.48 Å². The van der Waals surface area contributed by atoms with E-state index in [0.29, 0.717) is 36.4 Å². The minimum atomic E-state index is -5.07. The fraction of sp³-hybridized carbons (Fsp3) is 0. The van der Waals surface area contributed by atoms with Gasteiger partial charge in [-0.1, -0.05) is 5.16 Å². The molecule has 1 aliphatic heterocycles. The van der Waals surface area contributed by atoms with Gasteiger partial charge in [0, 0.05) is 43.0 Å². The van der Waals surface area contributed by atoms with E-state index in [4.69, 9.17) is 37.4 Å². The maximum Gasteiger partial charge on any atom is 0.262 e. The van der Waals surface area contributed by atoms with Crippen molar-refractivity contribution in [3.05, 3.63) is 83.8 Å². The molecule has 6 aromatic heterocycles. The van der Waals surface area contributed by atoms with Gasteiger partial charge in [0.05, 0.1) is 21.8 Å². The van der Waals surface area contributed by atoms with Gasteiger partial charge in [0.2, 0.25) is 0 Å². The van der Waals surface area contributed by atoms with E-state index in [-0.39, 0.29) is 5.22 Å². The largest absolute Gasteiger partial charge is 0.440 e. The van der Waals surface area contributed by atoms with E-state index in [2.05, 4.69) is 20.5 Å². The Kier molecular flexibility index (Phi) is 3.85. The van der Waals surface area contributed by atoms with Crippen LogP contribution in [0.25, 0.3) is 10.6 Å². The molecule has 12 nitrogen and oxygen atoms in total. The van der Waals surface area contributed by atoms with Crippen LogP contribution in [0.15, 0.2) is 115 Å². The monoisotopic (exact) mass is 523 g/mol. The molecule has 6 aromatic rings. The third kappa shape index (κ3) is 1.98. The molecule has 0 aliphatic carbocycles. The van der Waals surface area contributed by atoms with Crippen LogP contribution in [0.1, 0.15) is 11.4 Å². The van der Waals surface area contributed by atoms with Crippen molar-refractivity contribution in [2.45, 2.75) is 19.6 Å². The number of thiazole rings is 1. The SMILES string of the molecule is c1c[nH]c(S2(c3ccon3)(c3ncco3)(c3nccs3)N=NC(c3conn3)=C2c2ccsn2)c1. The first-order valence-corrected chi connectivity index (χ1v) is 14.2. The number of aromatic amines is 1. The predicted molar refractivity (Wildman–Crippen MR) is 125 cm³/mol. The van der Waals surface area contributed by atoms with Gasteiger partial charge in [0.25, 0.3) is 5.22 Å². The van der Waals surface area contributed by atoms with Crippen molar-refractivity contribution in [2.24, 2.45) is 9.63 Å². The number of H-pyrrole nitrogens is 1. The topological polar surface area (TPSA) is 157 Å². The molecule has 174 valence electrons. The quantitative estimate of drug-likeness (QED) is 0.293. The van der Waals surface area contributed by atoms with E-state index in [9.17, 15) is 0 Å². The highest BCUT2D eigenvalue weighted by Crippen LogP contribution is 3.13. The van der Waals surface area contributed by atoms with Gasteiger partial charge in [0.1, 0.15) is 23.2 Å². The number of oxazole rings is 1. The van der Waals surface area contributed by atoms with Gasteiger partial charge in [-0.3, -0.25) is 0 Å². The van der Waals surface area contributed by atoms with Crippen LogP contribution in [-0.4, -0.2) is 34.9 Å². The third-order valence-corrected chi connectivity index (χ3v) is 15.1. The lowest BCUT2D eigenvalue weighted by Crippen LogP contribution is -2.37. The normalized spacial score (nSPS) is 19.8. The smallest absolute Gasteiger partial charge is 0.262 e. The summed E-state index contributed by atoms with van der Waals surface area (Å²) in [6.07, 6.45) is 9.42. The maximum atomic E-state index is 6.23. The van der Waals surface area contributed by atoms with Crippen LogP contribution < -0.4 is 0 Å². The van der Waals surface area contributed by atoms with E-state index in [1.807, 2.05) is 29.0 Å². The molecule has 0 saturated heterocycles. The van der Waals surface area contributed by atoms with Gasteiger partial charge in [-0.25, -0.2) is 9.97 Å². The van der Waals surface area contributed by atoms with Crippen LogP contribution in [0.2, 0.25) is 0 Å². The molecule has 0 bridgehead atoms. The molecule has 1 N–H and O–H groups in total. The summed E-state index contributed by atoms with van der Waals surface area (Å²) < 4.78 is 27.3. The number of nitrogens with one attached hydrogen (secondary N) is 1. The zero-order valence-electron chi connectivity index (χ0n) is 17.5. The summed E-state index contributed by atoms with van der Waals surface area (Å²) >= 11 is 2.66. The van der Waals surface area contributed by atoms with Gasteiger partial charge in [0.15, 0.2) is 16.3 Å². The Balaban J connectivity index is 1.89. The molecule has 0 atom stereocenters. The molecule has 15 heteroatoms. The van der Waals surface area contributed by atoms with Crippen LogP contribution in [0.4, 0.5) is 0 Å². The first-order valence-electron chi connectivity index (χ1n) is 10.0. The van der Waals surface area contributed by atoms with Gasteiger partial charge in [-0.15, -0.1) is 26.1 Å². The zero-order valence-corrected chi connectivity index (χ0v) is 19.9. The summed E-state index contributed by atoms with van der Waals surface area (Å²) in [7, 11) is -5.07. The molecular formula is C20H13N9O3S3. The summed E-state index contributed by atoms with van der Waals surface area (Å²) in [6, 6.07) is 7.38. The van der Waals surface area contributed by atoms with Crippen LogP contribution in [0.5, 0.6) is 0 Å². The Morgan fingerprint density at radius 2 is 1.97 bits per heavy atom. The lowest BCUT2D eigenvalue weighted by atomic mass is 10.3. The molecule has 0 amide bonds. The molecule has 0 aromatic carbocycles. The van der Waals surface area contributed by atoms with Crippen molar-refractivity contribution in [1.29, 1.82) is 0 Å². The summed E-state index contributed by atoms with van der Waals surface area (Å²) in [5.74, 6) is 0. The van der Waals surface area contributed by atoms with Crippen molar-refractivity contribution in [1.82, 2.24) is 34.9 Å². The number of nitrogens with zero attached hydrogens (tertiary/aromatic N) is 8. The Hall–Kier alpha value is -4.21. The lowest BCUT2D eigenvalue weighted by molar-refractivity contribution is 0.393. The third-order valence-electron chi connectivity index (χ3n) is 6.04. The minimum absolute atomic E-state index is 0.231. The van der Waals surface area contributed by atoms with E-state index in [0.717, 1.165) is 0 Å². The first kappa shape index (κ1) is 20.2. The number of rotatable bonds is 6. The summed E-state index contributed by atoms with van der Waals surface area (Å²) in [5, 5.41) is 22.1. The summed E-state index contributed by atoms with van der Waals surface area (Å²) in [4.78, 5) is 13.5. The molecule has 0 unspecified atom stereocenters. The van der Waals surface area contributed by atoms with E-state index >= 15 is 0 Å². The van der Waals surface area contributed by atoms with Crippen molar-refractivity contribution in [3.8, 4) is 0 Å². The second kappa shape index (κ2) is 6.68. The maximum absolute atomic E-state index is 6.23. The fourth-order valence-electron chi connectivity index (χ4n) is 4.70. The van der Waals surface area contributed by atoms with Crippen LogP contribution in [0, 0.1) is 0 Å². The second-order valence-corrected chi connectivity index (χ2v) is 14.4. The van der Waals surface area contributed by atoms with Gasteiger partial charge >= 0.3 is 0 Å². The Morgan fingerprint density at radius 1 is 0.971 bits per heavy atom. The highest BCUT2D eigenvalue weighted by molar-refractivity contribution is 8.70. The highest BCUT2D eigenvalue weighted by Gasteiger charge is 2.81. The number of aromatic nitrogens is 7. The predicted octanol–water partition coefficient (Wildman–Crippen LogP) is 5.61. The molecule has 0 spiro atoms. The molecule has 1 aliphatic rings. The molecule has 0 fully saturated rings. The van der Waals surface area contributed by atoms with Crippen LogP contribution in [0.3, 0.4) is 0 Å². The van der Waals surface area contributed by atoms with Crippen molar-refractivity contribution in [2.75, 3.05) is 0 Å².